The second kappa shape index (κ2) is 11.9. The topological polar surface area (TPSA) is 170 Å². The standard InChI is InChI=1S/C8H14N2O6.C2H5NO/c11-6(12)3-9-1-2-10(4-7(13)14)5-8(15)16;1-2(3)4/h9H,1-5H2,(H,11,12)(H,13,14)(H,15,16);1H3,(H2,3,4). The van der Waals surface area contributed by atoms with E-state index in [1.54, 1.807) is 0 Å². The highest BCUT2D eigenvalue weighted by Crippen LogP contribution is 1.87. The molecule has 0 aliphatic rings. The molecule has 10 nitrogen and oxygen atoms in total. The van der Waals surface area contributed by atoms with Crippen LogP contribution in [0.4, 0.5) is 0 Å². The van der Waals surface area contributed by atoms with Crippen LogP contribution in [0.2, 0.25) is 0 Å². The molecule has 0 aliphatic heterocycles. The number of nitrogens with zero attached hydrogens (tertiary/aromatic N) is 1. The predicted octanol–water partition coefficient (Wildman–Crippen LogP) is -2.38. The molecular weight excluding hydrogens is 274 g/mol. The summed E-state index contributed by atoms with van der Waals surface area (Å²) in [5, 5.41) is 27.8. The van der Waals surface area contributed by atoms with E-state index in [-0.39, 0.29) is 38.6 Å². The number of carbonyl (C=O) groups excluding carboxylic acids is 1. The zero-order valence-corrected chi connectivity index (χ0v) is 11.0. The molecule has 0 bridgehead atoms. The molecule has 0 aromatic heterocycles. The van der Waals surface area contributed by atoms with Gasteiger partial charge in [0.25, 0.3) is 0 Å². The van der Waals surface area contributed by atoms with Gasteiger partial charge in [0.1, 0.15) is 0 Å². The number of aliphatic carboxylic acids is 3. The van der Waals surface area contributed by atoms with Gasteiger partial charge in [-0.05, 0) is 0 Å². The third-order valence-electron chi connectivity index (χ3n) is 1.60. The first-order chi connectivity index (χ1) is 9.15. The van der Waals surface area contributed by atoms with Gasteiger partial charge < -0.3 is 26.4 Å². The van der Waals surface area contributed by atoms with Crippen LogP contribution >= 0.6 is 0 Å². The molecule has 20 heavy (non-hydrogen) atoms. The second-order valence-electron chi connectivity index (χ2n) is 3.68. The Bertz CT molecular complexity index is 326. The van der Waals surface area contributed by atoms with Gasteiger partial charge >= 0.3 is 17.9 Å². The number of hydrogen-bond donors (Lipinski definition) is 5. The number of primary amides is 1. The van der Waals surface area contributed by atoms with E-state index in [0.29, 0.717) is 0 Å². The van der Waals surface area contributed by atoms with Gasteiger partial charge in [-0.2, -0.15) is 0 Å². The van der Waals surface area contributed by atoms with E-state index in [1.165, 1.54) is 11.8 Å². The van der Waals surface area contributed by atoms with Crippen molar-refractivity contribution in [2.24, 2.45) is 5.73 Å². The number of nitrogens with one attached hydrogen (secondary N) is 1. The van der Waals surface area contributed by atoms with Gasteiger partial charge in [0.2, 0.25) is 5.91 Å². The lowest BCUT2D eigenvalue weighted by atomic mass is 10.4. The Morgan fingerprint density at radius 2 is 1.40 bits per heavy atom. The van der Waals surface area contributed by atoms with Gasteiger partial charge in [-0.25, -0.2) is 0 Å². The Morgan fingerprint density at radius 1 is 1.00 bits per heavy atom. The molecule has 0 aliphatic carbocycles. The number of carboxylic acid groups (broad SMARTS) is 3. The fourth-order valence-corrected chi connectivity index (χ4v) is 1.03. The first-order valence-electron chi connectivity index (χ1n) is 5.49. The number of rotatable bonds is 9. The number of amides is 1. The van der Waals surface area contributed by atoms with Crippen molar-refractivity contribution in [1.29, 1.82) is 0 Å². The third-order valence-corrected chi connectivity index (χ3v) is 1.60. The molecule has 0 saturated carbocycles. The maximum Gasteiger partial charge on any atom is 0.317 e. The van der Waals surface area contributed by atoms with Crippen LogP contribution in [0.1, 0.15) is 6.92 Å². The molecule has 116 valence electrons. The van der Waals surface area contributed by atoms with Crippen LogP contribution in [-0.4, -0.2) is 76.8 Å². The third kappa shape index (κ3) is 21.1. The molecule has 0 radical (unpaired) electrons. The largest absolute Gasteiger partial charge is 0.480 e. The zero-order valence-electron chi connectivity index (χ0n) is 11.0. The molecule has 0 heterocycles. The minimum absolute atomic E-state index is 0.159. The Labute approximate surface area is 115 Å². The van der Waals surface area contributed by atoms with Crippen LogP contribution in [0.3, 0.4) is 0 Å². The van der Waals surface area contributed by atoms with Crippen LogP contribution in [0, 0.1) is 0 Å². The van der Waals surface area contributed by atoms with Gasteiger partial charge in [-0.15, -0.1) is 0 Å². The molecule has 0 atom stereocenters. The predicted molar refractivity (Wildman–Crippen MR) is 67.1 cm³/mol. The van der Waals surface area contributed by atoms with Gasteiger partial charge in [-0.1, -0.05) is 0 Å². The van der Waals surface area contributed by atoms with Crippen molar-refractivity contribution in [1.82, 2.24) is 10.2 Å². The maximum atomic E-state index is 10.4. The number of nitrogens with two attached hydrogens (primary N) is 1. The van der Waals surface area contributed by atoms with Crippen molar-refractivity contribution in [3.8, 4) is 0 Å². The van der Waals surface area contributed by atoms with Crippen LogP contribution in [0.15, 0.2) is 0 Å². The Kier molecular flexibility index (Phi) is 11.9. The maximum absolute atomic E-state index is 10.4. The summed E-state index contributed by atoms with van der Waals surface area (Å²) in [4.78, 5) is 41.3. The van der Waals surface area contributed by atoms with E-state index in [9.17, 15) is 19.2 Å². The SMILES string of the molecule is CC(N)=O.O=C(O)CNCCN(CC(=O)O)CC(=O)O. The highest BCUT2D eigenvalue weighted by molar-refractivity contribution is 5.72. The van der Waals surface area contributed by atoms with Gasteiger partial charge in [0, 0.05) is 20.0 Å². The smallest absolute Gasteiger partial charge is 0.317 e. The lowest BCUT2D eigenvalue weighted by molar-refractivity contribution is -0.142. The summed E-state index contributed by atoms with van der Waals surface area (Å²) in [6.45, 7) is 0.662. The Balaban J connectivity index is 0. The minimum atomic E-state index is -1.13. The lowest BCUT2D eigenvalue weighted by Gasteiger charge is -2.17. The fourth-order valence-electron chi connectivity index (χ4n) is 1.03. The van der Waals surface area contributed by atoms with Crippen molar-refractivity contribution in [3.05, 3.63) is 0 Å². The minimum Gasteiger partial charge on any atom is -0.480 e. The first-order valence-corrected chi connectivity index (χ1v) is 5.49. The lowest BCUT2D eigenvalue weighted by Crippen LogP contribution is -2.39. The highest BCUT2D eigenvalue weighted by Gasteiger charge is 2.12. The van der Waals surface area contributed by atoms with Crippen LogP contribution in [0.25, 0.3) is 0 Å². The van der Waals surface area contributed by atoms with E-state index in [4.69, 9.17) is 15.3 Å². The van der Waals surface area contributed by atoms with Crippen molar-refractivity contribution < 1.29 is 34.5 Å². The molecule has 1 amide bonds. The van der Waals surface area contributed by atoms with Crippen LogP contribution in [0.5, 0.6) is 0 Å². The van der Waals surface area contributed by atoms with Crippen molar-refractivity contribution in [2.45, 2.75) is 6.92 Å². The monoisotopic (exact) mass is 293 g/mol. The summed E-state index contributed by atoms with van der Waals surface area (Å²) in [6, 6.07) is 0. The normalized spacial score (nSPS) is 9.50. The summed E-state index contributed by atoms with van der Waals surface area (Å²) in [5.74, 6) is -3.61. The molecular formula is C10H19N3O7. The first kappa shape index (κ1) is 20.1. The molecule has 0 aromatic rings. The van der Waals surface area contributed by atoms with Crippen molar-refractivity contribution >= 4 is 23.8 Å². The molecule has 0 unspecified atom stereocenters. The molecule has 0 spiro atoms. The summed E-state index contributed by atoms with van der Waals surface area (Å²) in [7, 11) is 0. The molecule has 6 N–H and O–H groups in total. The van der Waals surface area contributed by atoms with E-state index in [1.807, 2.05) is 0 Å². The summed E-state index contributed by atoms with van der Waals surface area (Å²) in [6.07, 6.45) is 0. The molecule has 10 heteroatoms. The van der Waals surface area contributed by atoms with Crippen LogP contribution in [-0.2, 0) is 19.2 Å². The Hall–Kier alpha value is -2.20. The zero-order chi connectivity index (χ0) is 16.1. The average molecular weight is 293 g/mol. The highest BCUT2D eigenvalue weighted by atomic mass is 16.4. The van der Waals surface area contributed by atoms with Gasteiger partial charge in [-0.3, -0.25) is 24.1 Å². The van der Waals surface area contributed by atoms with Gasteiger partial charge in [0.15, 0.2) is 0 Å². The molecule has 0 aromatic carbocycles. The van der Waals surface area contributed by atoms with E-state index >= 15 is 0 Å². The number of hydrogen-bond acceptors (Lipinski definition) is 6. The van der Waals surface area contributed by atoms with E-state index in [0.717, 1.165) is 0 Å². The van der Waals surface area contributed by atoms with E-state index in [2.05, 4.69) is 11.1 Å². The summed E-state index contributed by atoms with van der Waals surface area (Å²) < 4.78 is 0. The Morgan fingerprint density at radius 3 is 1.70 bits per heavy atom. The van der Waals surface area contributed by atoms with E-state index < -0.39 is 17.9 Å². The molecule has 0 saturated heterocycles. The molecule has 0 fully saturated rings. The second-order valence-corrected chi connectivity index (χ2v) is 3.68. The average Bonchev–Trinajstić information content (AvgIpc) is 2.21. The quantitative estimate of drug-likeness (QED) is 0.291. The van der Waals surface area contributed by atoms with Crippen molar-refractivity contribution in [3.63, 3.8) is 0 Å². The summed E-state index contributed by atoms with van der Waals surface area (Å²) in [5.41, 5.74) is 4.47. The summed E-state index contributed by atoms with van der Waals surface area (Å²) >= 11 is 0. The number of carbonyl (C=O) groups is 4. The number of carboxylic acids is 3. The van der Waals surface area contributed by atoms with Gasteiger partial charge in [0.05, 0.1) is 19.6 Å². The molecule has 0 rings (SSSR count). The van der Waals surface area contributed by atoms with Crippen LogP contribution < -0.4 is 11.1 Å². The fraction of sp³-hybridized carbons (Fsp3) is 0.600. The van der Waals surface area contributed by atoms with Crippen molar-refractivity contribution in [2.75, 3.05) is 32.7 Å².